The van der Waals surface area contributed by atoms with Gasteiger partial charge >= 0.3 is 0 Å². The summed E-state index contributed by atoms with van der Waals surface area (Å²) < 4.78 is 5.29. The Kier molecular flexibility index (Phi) is 8.02. The van der Waals surface area contributed by atoms with Crippen molar-refractivity contribution in [3.8, 4) is 0 Å². The van der Waals surface area contributed by atoms with Crippen LogP contribution in [-0.4, -0.2) is 38.1 Å². The first kappa shape index (κ1) is 19.4. The van der Waals surface area contributed by atoms with Crippen molar-refractivity contribution in [1.82, 2.24) is 5.32 Å². The third-order valence-electron chi connectivity index (χ3n) is 4.02. The predicted octanol–water partition coefficient (Wildman–Crippen LogP) is 1.31. The summed E-state index contributed by atoms with van der Waals surface area (Å²) in [7, 11) is 0. The average molecular weight is 342 g/mol. The highest BCUT2D eigenvalue weighted by Gasteiger charge is 2.38. The van der Waals surface area contributed by atoms with Crippen molar-refractivity contribution in [2.45, 2.75) is 19.3 Å². The number of hydrogen-bond acceptors (Lipinski definition) is 4. The molecule has 0 bridgehead atoms. The number of amides is 2. The fourth-order valence-corrected chi connectivity index (χ4v) is 2.51. The summed E-state index contributed by atoms with van der Waals surface area (Å²) in [6.07, 6.45) is 1.49. The number of carbonyl (C=O) groups excluding carboxylic acids is 2. The lowest BCUT2D eigenvalue weighted by atomic mass is 9.79. The summed E-state index contributed by atoms with van der Waals surface area (Å²) in [4.78, 5) is 24.1. The Morgan fingerprint density at radius 1 is 1.17 bits per heavy atom. The molecule has 0 aliphatic carbocycles. The molecule has 0 saturated carbocycles. The molecule has 1 aliphatic rings. The molecule has 4 N–H and O–H groups in total. The number of ether oxygens (including phenoxy) is 1. The molecule has 2 rings (SSSR count). The summed E-state index contributed by atoms with van der Waals surface area (Å²) in [5, 5.41) is 5.61. The Morgan fingerprint density at radius 3 is 2.43 bits per heavy atom. The van der Waals surface area contributed by atoms with E-state index in [2.05, 4.69) is 10.6 Å². The third kappa shape index (κ3) is 5.49. The Hall–Kier alpha value is -1.63. The van der Waals surface area contributed by atoms with Gasteiger partial charge in [0.1, 0.15) is 0 Å². The van der Waals surface area contributed by atoms with Gasteiger partial charge in [0.05, 0.1) is 5.41 Å². The second-order valence-corrected chi connectivity index (χ2v) is 5.52. The van der Waals surface area contributed by atoms with Gasteiger partial charge < -0.3 is 21.1 Å². The molecule has 1 saturated heterocycles. The summed E-state index contributed by atoms with van der Waals surface area (Å²) in [6, 6.07) is 9.24. The SMILES string of the molecule is Cl.NCC1(C(=O)NCCC(=O)Nc2ccccc2)CCOCC1. The lowest BCUT2D eigenvalue weighted by molar-refractivity contribution is -0.135. The van der Waals surface area contributed by atoms with E-state index in [-0.39, 0.29) is 30.6 Å². The number of rotatable bonds is 6. The Balaban J connectivity index is 0.00000264. The summed E-state index contributed by atoms with van der Waals surface area (Å²) in [5.74, 6) is -0.203. The highest BCUT2D eigenvalue weighted by Crippen LogP contribution is 2.29. The summed E-state index contributed by atoms with van der Waals surface area (Å²) >= 11 is 0. The van der Waals surface area contributed by atoms with Crippen LogP contribution in [0.25, 0.3) is 0 Å². The molecule has 1 aromatic rings. The fraction of sp³-hybridized carbons (Fsp3) is 0.500. The van der Waals surface area contributed by atoms with E-state index in [1.54, 1.807) is 0 Å². The van der Waals surface area contributed by atoms with E-state index >= 15 is 0 Å². The number of halogens is 1. The van der Waals surface area contributed by atoms with Crippen LogP contribution >= 0.6 is 12.4 Å². The topological polar surface area (TPSA) is 93.5 Å². The van der Waals surface area contributed by atoms with Gasteiger partial charge in [-0.1, -0.05) is 18.2 Å². The van der Waals surface area contributed by atoms with Crippen LogP contribution in [0.2, 0.25) is 0 Å². The predicted molar refractivity (Wildman–Crippen MR) is 91.5 cm³/mol. The number of benzene rings is 1. The van der Waals surface area contributed by atoms with Crippen LogP contribution in [-0.2, 0) is 14.3 Å². The number of hydrogen-bond donors (Lipinski definition) is 3. The Morgan fingerprint density at radius 2 is 1.83 bits per heavy atom. The first-order valence-corrected chi connectivity index (χ1v) is 7.57. The van der Waals surface area contributed by atoms with Gasteiger partial charge in [-0.05, 0) is 25.0 Å². The Labute approximate surface area is 142 Å². The molecule has 1 heterocycles. The largest absolute Gasteiger partial charge is 0.381 e. The lowest BCUT2D eigenvalue weighted by Crippen LogP contribution is -2.49. The van der Waals surface area contributed by atoms with Gasteiger partial charge in [0, 0.05) is 38.4 Å². The molecule has 1 aromatic carbocycles. The number of nitrogens with one attached hydrogen (secondary N) is 2. The smallest absolute Gasteiger partial charge is 0.227 e. The summed E-state index contributed by atoms with van der Waals surface area (Å²) in [5.41, 5.74) is 5.98. The molecule has 0 spiro atoms. The zero-order valence-corrected chi connectivity index (χ0v) is 13.9. The van der Waals surface area contributed by atoms with Crippen LogP contribution in [0.3, 0.4) is 0 Å². The lowest BCUT2D eigenvalue weighted by Gasteiger charge is -2.34. The average Bonchev–Trinajstić information content (AvgIpc) is 2.56. The monoisotopic (exact) mass is 341 g/mol. The van der Waals surface area contributed by atoms with Crippen molar-refractivity contribution >= 4 is 29.9 Å². The molecule has 2 amide bonds. The van der Waals surface area contributed by atoms with Crippen molar-refractivity contribution in [3.63, 3.8) is 0 Å². The highest BCUT2D eigenvalue weighted by atomic mass is 35.5. The third-order valence-corrected chi connectivity index (χ3v) is 4.02. The van der Waals surface area contributed by atoms with Crippen molar-refractivity contribution in [3.05, 3.63) is 30.3 Å². The molecule has 0 radical (unpaired) electrons. The minimum atomic E-state index is -0.547. The maximum Gasteiger partial charge on any atom is 0.227 e. The fourth-order valence-electron chi connectivity index (χ4n) is 2.51. The molecule has 7 heteroatoms. The van der Waals surface area contributed by atoms with Gasteiger partial charge in [-0.2, -0.15) is 0 Å². The normalized spacial score (nSPS) is 16.0. The highest BCUT2D eigenvalue weighted by molar-refractivity contribution is 5.91. The molecule has 0 atom stereocenters. The number of nitrogens with two attached hydrogens (primary N) is 1. The van der Waals surface area contributed by atoms with Gasteiger partial charge in [0.2, 0.25) is 11.8 Å². The maximum atomic E-state index is 12.3. The molecule has 6 nitrogen and oxygen atoms in total. The van der Waals surface area contributed by atoms with Crippen molar-refractivity contribution in [2.75, 3.05) is 31.6 Å². The van der Waals surface area contributed by atoms with Gasteiger partial charge in [-0.3, -0.25) is 9.59 Å². The van der Waals surface area contributed by atoms with Gasteiger partial charge in [0.15, 0.2) is 0 Å². The number of carbonyl (C=O) groups is 2. The number of anilines is 1. The van der Waals surface area contributed by atoms with E-state index in [1.807, 2.05) is 30.3 Å². The minimum absolute atomic E-state index is 0. The van der Waals surface area contributed by atoms with Gasteiger partial charge in [-0.15, -0.1) is 12.4 Å². The first-order chi connectivity index (χ1) is 10.7. The molecule has 1 fully saturated rings. The van der Waals surface area contributed by atoms with Gasteiger partial charge in [0.25, 0.3) is 0 Å². The van der Waals surface area contributed by atoms with Crippen LogP contribution in [0.15, 0.2) is 30.3 Å². The zero-order valence-electron chi connectivity index (χ0n) is 13.0. The van der Waals surface area contributed by atoms with Crippen LogP contribution < -0.4 is 16.4 Å². The van der Waals surface area contributed by atoms with E-state index in [0.29, 0.717) is 39.1 Å². The van der Waals surface area contributed by atoms with Gasteiger partial charge in [-0.25, -0.2) is 0 Å². The molecular weight excluding hydrogens is 318 g/mol. The van der Waals surface area contributed by atoms with Crippen molar-refractivity contribution < 1.29 is 14.3 Å². The molecule has 23 heavy (non-hydrogen) atoms. The van der Waals surface area contributed by atoms with E-state index in [0.717, 1.165) is 5.69 Å². The quantitative estimate of drug-likeness (QED) is 0.727. The van der Waals surface area contributed by atoms with E-state index < -0.39 is 5.41 Å². The van der Waals surface area contributed by atoms with Crippen LogP contribution in [0.4, 0.5) is 5.69 Å². The summed E-state index contributed by atoms with van der Waals surface area (Å²) in [6.45, 7) is 1.72. The van der Waals surface area contributed by atoms with Crippen molar-refractivity contribution in [1.29, 1.82) is 0 Å². The van der Waals surface area contributed by atoms with Crippen LogP contribution in [0, 0.1) is 5.41 Å². The van der Waals surface area contributed by atoms with E-state index in [9.17, 15) is 9.59 Å². The second-order valence-electron chi connectivity index (χ2n) is 5.52. The molecule has 128 valence electrons. The molecule has 0 aromatic heterocycles. The van der Waals surface area contributed by atoms with Crippen LogP contribution in [0.1, 0.15) is 19.3 Å². The molecule has 1 aliphatic heterocycles. The molecular formula is C16H24ClN3O3. The van der Waals surface area contributed by atoms with Crippen LogP contribution in [0.5, 0.6) is 0 Å². The maximum absolute atomic E-state index is 12.3. The standard InChI is InChI=1S/C16H23N3O3.ClH/c17-12-16(7-10-22-11-8-16)15(21)18-9-6-14(20)19-13-4-2-1-3-5-13;/h1-5H,6-12,17H2,(H,18,21)(H,19,20);1H. The molecule has 0 unspecified atom stereocenters. The first-order valence-electron chi connectivity index (χ1n) is 7.57. The second kappa shape index (κ2) is 9.50. The van der Waals surface area contributed by atoms with Crippen molar-refractivity contribution in [2.24, 2.45) is 11.1 Å². The Bertz CT molecular complexity index is 505. The number of para-hydroxylation sites is 1. The minimum Gasteiger partial charge on any atom is -0.381 e. The zero-order chi connectivity index (χ0) is 15.8. The van der Waals surface area contributed by atoms with E-state index in [4.69, 9.17) is 10.5 Å². The van der Waals surface area contributed by atoms with E-state index in [1.165, 1.54) is 0 Å².